The van der Waals surface area contributed by atoms with Crippen LogP contribution < -0.4 is 5.32 Å². The Bertz CT molecular complexity index is 408. The van der Waals surface area contributed by atoms with E-state index < -0.39 is 0 Å². The minimum Gasteiger partial charge on any atom is -0.370 e. The summed E-state index contributed by atoms with van der Waals surface area (Å²) < 4.78 is 0. The van der Waals surface area contributed by atoms with Gasteiger partial charge in [0.15, 0.2) is 0 Å². The molecule has 0 bridgehead atoms. The average molecular weight is 260 g/mol. The molecule has 1 N–H and O–H groups in total. The van der Waals surface area contributed by atoms with Crippen LogP contribution in [0.1, 0.15) is 31.5 Å². The molecule has 0 spiro atoms. The quantitative estimate of drug-likeness (QED) is 0.882. The maximum Gasteiger partial charge on any atom is 0.129 e. The van der Waals surface area contributed by atoms with Crippen molar-refractivity contribution in [3.63, 3.8) is 0 Å². The SMILES string of the molecule is Cc1nccc(NCC2CCN(CC3CC3)CC2)n1. The summed E-state index contributed by atoms with van der Waals surface area (Å²) in [6.45, 7) is 6.90. The van der Waals surface area contributed by atoms with Crippen LogP contribution in [0, 0.1) is 18.8 Å². The molecule has 1 saturated carbocycles. The molecule has 1 saturated heterocycles. The van der Waals surface area contributed by atoms with Gasteiger partial charge in [-0.25, -0.2) is 9.97 Å². The molecule has 4 heteroatoms. The van der Waals surface area contributed by atoms with Crippen molar-refractivity contribution in [1.82, 2.24) is 14.9 Å². The zero-order chi connectivity index (χ0) is 13.1. The van der Waals surface area contributed by atoms with Crippen molar-refractivity contribution in [3.8, 4) is 0 Å². The van der Waals surface area contributed by atoms with Gasteiger partial charge in [0.1, 0.15) is 11.6 Å². The Balaban J connectivity index is 1.39. The summed E-state index contributed by atoms with van der Waals surface area (Å²) in [5, 5.41) is 3.45. The zero-order valence-corrected chi connectivity index (χ0v) is 11.8. The molecular weight excluding hydrogens is 236 g/mol. The highest BCUT2D eigenvalue weighted by atomic mass is 15.1. The first-order chi connectivity index (χ1) is 9.29. The van der Waals surface area contributed by atoms with Crippen molar-refractivity contribution in [2.24, 2.45) is 11.8 Å². The first-order valence-corrected chi connectivity index (χ1v) is 7.55. The topological polar surface area (TPSA) is 41.1 Å². The number of aryl methyl sites for hydroxylation is 1. The fourth-order valence-electron chi connectivity index (χ4n) is 2.84. The minimum absolute atomic E-state index is 0.797. The third-order valence-electron chi connectivity index (χ3n) is 4.27. The van der Waals surface area contributed by atoms with E-state index in [1.165, 1.54) is 45.3 Å². The molecule has 0 amide bonds. The van der Waals surface area contributed by atoms with E-state index in [1.807, 2.05) is 19.2 Å². The summed E-state index contributed by atoms with van der Waals surface area (Å²) in [7, 11) is 0. The van der Waals surface area contributed by atoms with Crippen molar-refractivity contribution in [2.45, 2.75) is 32.6 Å². The maximum atomic E-state index is 4.39. The predicted octanol–water partition coefficient (Wildman–Crippen LogP) is 2.32. The first-order valence-electron chi connectivity index (χ1n) is 7.55. The number of aromatic nitrogens is 2. The van der Waals surface area contributed by atoms with Gasteiger partial charge in [0.2, 0.25) is 0 Å². The van der Waals surface area contributed by atoms with Gasteiger partial charge < -0.3 is 10.2 Å². The average Bonchev–Trinajstić information content (AvgIpc) is 3.22. The highest BCUT2D eigenvalue weighted by Crippen LogP contribution is 2.31. The number of nitrogens with one attached hydrogen (secondary N) is 1. The van der Waals surface area contributed by atoms with E-state index in [-0.39, 0.29) is 0 Å². The monoisotopic (exact) mass is 260 g/mol. The molecule has 2 fully saturated rings. The van der Waals surface area contributed by atoms with Gasteiger partial charge >= 0.3 is 0 Å². The second-order valence-corrected chi connectivity index (χ2v) is 6.06. The van der Waals surface area contributed by atoms with Crippen LogP contribution in [-0.4, -0.2) is 41.0 Å². The van der Waals surface area contributed by atoms with Crippen molar-refractivity contribution in [2.75, 3.05) is 31.5 Å². The van der Waals surface area contributed by atoms with Crippen LogP contribution in [0.2, 0.25) is 0 Å². The molecule has 104 valence electrons. The number of likely N-dealkylation sites (tertiary alicyclic amines) is 1. The van der Waals surface area contributed by atoms with Crippen LogP contribution in [0.15, 0.2) is 12.3 Å². The fraction of sp³-hybridized carbons (Fsp3) is 0.733. The fourth-order valence-corrected chi connectivity index (χ4v) is 2.84. The van der Waals surface area contributed by atoms with Crippen molar-refractivity contribution < 1.29 is 0 Å². The molecule has 1 aromatic heterocycles. The molecule has 0 unspecified atom stereocenters. The molecule has 0 aromatic carbocycles. The molecule has 0 atom stereocenters. The standard InChI is InChI=1S/C15H24N4/c1-12-16-7-4-15(18-12)17-10-13-5-8-19(9-6-13)11-14-2-3-14/h4,7,13-14H,2-3,5-6,8-11H2,1H3,(H,16,17,18). The number of hydrogen-bond acceptors (Lipinski definition) is 4. The number of hydrogen-bond donors (Lipinski definition) is 1. The van der Waals surface area contributed by atoms with Gasteiger partial charge in [-0.1, -0.05) is 0 Å². The van der Waals surface area contributed by atoms with E-state index in [0.717, 1.165) is 30.0 Å². The van der Waals surface area contributed by atoms with Crippen LogP contribution in [0.5, 0.6) is 0 Å². The van der Waals surface area contributed by atoms with E-state index in [4.69, 9.17) is 0 Å². The number of nitrogens with zero attached hydrogens (tertiary/aromatic N) is 3. The lowest BCUT2D eigenvalue weighted by atomic mass is 9.96. The Morgan fingerprint density at radius 3 is 2.68 bits per heavy atom. The van der Waals surface area contributed by atoms with Crippen LogP contribution in [-0.2, 0) is 0 Å². The van der Waals surface area contributed by atoms with Crippen LogP contribution >= 0.6 is 0 Å². The summed E-state index contributed by atoms with van der Waals surface area (Å²) in [6.07, 6.45) is 7.40. The third-order valence-corrected chi connectivity index (χ3v) is 4.27. The minimum atomic E-state index is 0.797. The van der Waals surface area contributed by atoms with Gasteiger partial charge in [0.25, 0.3) is 0 Å². The molecule has 1 aromatic rings. The highest BCUT2D eigenvalue weighted by molar-refractivity contribution is 5.32. The zero-order valence-electron chi connectivity index (χ0n) is 11.8. The van der Waals surface area contributed by atoms with Gasteiger partial charge in [-0.15, -0.1) is 0 Å². The van der Waals surface area contributed by atoms with Crippen LogP contribution in [0.3, 0.4) is 0 Å². The lowest BCUT2D eigenvalue weighted by molar-refractivity contribution is 0.183. The molecule has 3 rings (SSSR count). The molecule has 0 radical (unpaired) electrons. The molecule has 1 aliphatic heterocycles. The van der Waals surface area contributed by atoms with E-state index in [2.05, 4.69) is 20.2 Å². The smallest absolute Gasteiger partial charge is 0.129 e. The molecule has 2 aliphatic rings. The van der Waals surface area contributed by atoms with E-state index in [9.17, 15) is 0 Å². The van der Waals surface area contributed by atoms with Gasteiger partial charge in [-0.3, -0.25) is 0 Å². The van der Waals surface area contributed by atoms with Crippen LogP contribution in [0.25, 0.3) is 0 Å². The molecule has 1 aliphatic carbocycles. The largest absolute Gasteiger partial charge is 0.370 e. The van der Waals surface area contributed by atoms with E-state index in [1.54, 1.807) is 0 Å². The van der Waals surface area contributed by atoms with Gasteiger partial charge in [0.05, 0.1) is 0 Å². The summed E-state index contributed by atoms with van der Waals surface area (Å²) in [6, 6.07) is 1.95. The second kappa shape index (κ2) is 5.87. The lowest BCUT2D eigenvalue weighted by Crippen LogP contribution is -2.37. The Morgan fingerprint density at radius 2 is 2.00 bits per heavy atom. The summed E-state index contributed by atoms with van der Waals surface area (Å²) in [4.78, 5) is 11.2. The normalized spacial score (nSPS) is 21.5. The summed E-state index contributed by atoms with van der Waals surface area (Å²) in [5.41, 5.74) is 0. The van der Waals surface area contributed by atoms with Gasteiger partial charge in [0, 0.05) is 19.3 Å². The Kier molecular flexibility index (Phi) is 3.97. The van der Waals surface area contributed by atoms with Crippen molar-refractivity contribution >= 4 is 5.82 Å². The maximum absolute atomic E-state index is 4.39. The Labute approximate surface area is 115 Å². The highest BCUT2D eigenvalue weighted by Gasteiger charge is 2.26. The molecular formula is C15H24N4. The molecule has 4 nitrogen and oxygen atoms in total. The summed E-state index contributed by atoms with van der Waals surface area (Å²) >= 11 is 0. The molecule has 19 heavy (non-hydrogen) atoms. The number of rotatable bonds is 5. The third kappa shape index (κ3) is 3.90. The van der Waals surface area contributed by atoms with E-state index >= 15 is 0 Å². The predicted molar refractivity (Wildman–Crippen MR) is 77.1 cm³/mol. The summed E-state index contributed by atoms with van der Waals surface area (Å²) in [5.74, 6) is 3.63. The van der Waals surface area contributed by atoms with Crippen molar-refractivity contribution in [1.29, 1.82) is 0 Å². The first kappa shape index (κ1) is 12.9. The Morgan fingerprint density at radius 1 is 1.21 bits per heavy atom. The molecule has 2 heterocycles. The van der Waals surface area contributed by atoms with Crippen molar-refractivity contribution in [3.05, 3.63) is 18.1 Å². The van der Waals surface area contributed by atoms with Gasteiger partial charge in [-0.05, 0) is 63.6 Å². The Hall–Kier alpha value is -1.16. The van der Waals surface area contributed by atoms with Crippen LogP contribution in [0.4, 0.5) is 5.82 Å². The number of anilines is 1. The van der Waals surface area contributed by atoms with E-state index in [0.29, 0.717) is 0 Å². The lowest BCUT2D eigenvalue weighted by Gasteiger charge is -2.32. The van der Waals surface area contributed by atoms with Gasteiger partial charge in [-0.2, -0.15) is 0 Å². The number of piperidine rings is 1. The second-order valence-electron chi connectivity index (χ2n) is 6.06.